The van der Waals surface area contributed by atoms with E-state index in [2.05, 4.69) is 0 Å². The molecule has 0 fully saturated rings. The molecule has 0 radical (unpaired) electrons. The van der Waals surface area contributed by atoms with Crippen molar-refractivity contribution in [1.29, 1.82) is 0 Å². The summed E-state index contributed by atoms with van der Waals surface area (Å²) in [6, 6.07) is 11.3. The molecule has 0 aliphatic rings. The second kappa shape index (κ2) is 6.68. The number of carboxylic acid groups (broad SMARTS) is 1. The maximum absolute atomic E-state index is 11.6. The van der Waals surface area contributed by atoms with Crippen LogP contribution in [-0.2, 0) is 10.2 Å². The largest absolute Gasteiger partial charge is 0.481 e. The van der Waals surface area contributed by atoms with Crippen LogP contribution in [0.25, 0.3) is 0 Å². The van der Waals surface area contributed by atoms with Crippen LogP contribution < -0.4 is 0 Å². The number of hydrogen-bond donors (Lipinski definition) is 1. The van der Waals surface area contributed by atoms with Crippen molar-refractivity contribution < 1.29 is 19.7 Å². The Hall–Kier alpha value is -3.29. The maximum atomic E-state index is 11.6. The van der Waals surface area contributed by atoms with E-state index in [-0.39, 0.29) is 11.4 Å². The molecular weight excluding hydrogens is 328 g/mol. The van der Waals surface area contributed by atoms with Gasteiger partial charge in [0.1, 0.15) is 0 Å². The van der Waals surface area contributed by atoms with Gasteiger partial charge in [-0.15, -0.1) is 0 Å². The molecule has 8 nitrogen and oxygen atoms in total. The molecule has 0 aromatic heterocycles. The van der Waals surface area contributed by atoms with E-state index in [1.54, 1.807) is 6.92 Å². The molecule has 0 aliphatic carbocycles. The van der Waals surface area contributed by atoms with Crippen molar-refractivity contribution in [3.8, 4) is 0 Å². The Morgan fingerprint density at radius 2 is 1.24 bits per heavy atom. The molecule has 0 saturated carbocycles. The molecule has 130 valence electrons. The lowest BCUT2D eigenvalue weighted by molar-refractivity contribution is -0.385. The molecule has 0 aliphatic heterocycles. The smallest absolute Gasteiger partial charge is 0.307 e. The van der Waals surface area contributed by atoms with E-state index >= 15 is 0 Å². The Bertz CT molecular complexity index is 757. The molecule has 0 heterocycles. The molecule has 1 atom stereocenters. The normalized spacial score (nSPS) is 12.4. The average molecular weight is 344 g/mol. The van der Waals surface area contributed by atoms with Gasteiger partial charge in [0.25, 0.3) is 11.4 Å². The molecule has 0 saturated heterocycles. The number of hydrogen-bond acceptors (Lipinski definition) is 5. The summed E-state index contributed by atoms with van der Waals surface area (Å²) in [5.74, 6) is -1.91. The second-order valence-electron chi connectivity index (χ2n) is 5.87. The molecule has 8 heteroatoms. The van der Waals surface area contributed by atoms with Gasteiger partial charge in [-0.3, -0.25) is 25.0 Å². The zero-order valence-corrected chi connectivity index (χ0v) is 13.6. The number of nitrogens with zero attached hydrogens (tertiary/aromatic N) is 2. The van der Waals surface area contributed by atoms with Gasteiger partial charge in [-0.05, 0) is 11.1 Å². The third-order valence-corrected chi connectivity index (χ3v) is 4.59. The summed E-state index contributed by atoms with van der Waals surface area (Å²) in [4.78, 5) is 32.2. The molecule has 2 rings (SSSR count). The lowest BCUT2D eigenvalue weighted by Gasteiger charge is -2.34. The number of carboxylic acids is 1. The number of rotatable bonds is 6. The molecule has 1 N–H and O–H groups in total. The van der Waals surface area contributed by atoms with E-state index in [0.717, 1.165) is 0 Å². The van der Waals surface area contributed by atoms with Crippen LogP contribution in [0.1, 0.15) is 25.0 Å². The summed E-state index contributed by atoms with van der Waals surface area (Å²) < 4.78 is 0. The Morgan fingerprint density at radius 3 is 1.48 bits per heavy atom. The highest BCUT2D eigenvalue weighted by molar-refractivity contribution is 5.73. The first-order chi connectivity index (χ1) is 11.7. The van der Waals surface area contributed by atoms with Crippen LogP contribution in [-0.4, -0.2) is 20.9 Å². The van der Waals surface area contributed by atoms with Crippen LogP contribution >= 0.6 is 0 Å². The van der Waals surface area contributed by atoms with Gasteiger partial charge in [0, 0.05) is 29.7 Å². The monoisotopic (exact) mass is 344 g/mol. The summed E-state index contributed by atoms with van der Waals surface area (Å²) in [7, 11) is 0. The van der Waals surface area contributed by atoms with Gasteiger partial charge in [0.15, 0.2) is 0 Å². The predicted octanol–water partition coefficient (Wildman–Crippen LogP) is 3.53. The predicted molar refractivity (Wildman–Crippen MR) is 89.4 cm³/mol. The van der Waals surface area contributed by atoms with Crippen molar-refractivity contribution in [3.05, 3.63) is 79.9 Å². The lowest BCUT2D eigenvalue weighted by Crippen LogP contribution is -2.36. The Morgan fingerprint density at radius 1 is 0.920 bits per heavy atom. The van der Waals surface area contributed by atoms with Gasteiger partial charge in [-0.2, -0.15) is 0 Å². The molecule has 2 aromatic carbocycles. The van der Waals surface area contributed by atoms with E-state index in [0.29, 0.717) is 11.1 Å². The second-order valence-corrected chi connectivity index (χ2v) is 5.87. The number of nitro benzene ring substituents is 2. The van der Waals surface area contributed by atoms with Crippen molar-refractivity contribution >= 4 is 17.3 Å². The fourth-order valence-corrected chi connectivity index (χ4v) is 2.77. The van der Waals surface area contributed by atoms with Crippen LogP contribution in [0.5, 0.6) is 0 Å². The van der Waals surface area contributed by atoms with Gasteiger partial charge in [0.05, 0.1) is 15.8 Å². The van der Waals surface area contributed by atoms with Crippen LogP contribution in [0.4, 0.5) is 11.4 Å². The summed E-state index contributed by atoms with van der Waals surface area (Å²) in [6.45, 7) is 3.24. The van der Waals surface area contributed by atoms with Crippen molar-refractivity contribution in [1.82, 2.24) is 0 Å². The fraction of sp³-hybridized carbons (Fsp3) is 0.235. The topological polar surface area (TPSA) is 124 Å². The Balaban J connectivity index is 2.59. The van der Waals surface area contributed by atoms with Gasteiger partial charge >= 0.3 is 5.97 Å². The highest BCUT2D eigenvalue weighted by Gasteiger charge is 2.39. The quantitative estimate of drug-likeness (QED) is 0.631. The summed E-state index contributed by atoms with van der Waals surface area (Å²) in [6.07, 6.45) is 0. The molecule has 25 heavy (non-hydrogen) atoms. The zero-order chi connectivity index (χ0) is 18.8. The standard InChI is InChI=1S/C17H16N2O6/c1-11(16(20)21)17(2,12-3-7-14(8-4-12)18(22)23)13-5-9-15(10-6-13)19(24)25/h3-11H,1-2H3,(H,20,21). The zero-order valence-electron chi connectivity index (χ0n) is 13.6. The van der Waals surface area contributed by atoms with Crippen LogP contribution in [0, 0.1) is 26.1 Å². The lowest BCUT2D eigenvalue weighted by atomic mass is 9.68. The Kier molecular flexibility index (Phi) is 4.82. The number of benzene rings is 2. The first-order valence-corrected chi connectivity index (χ1v) is 7.40. The van der Waals surface area contributed by atoms with Crippen molar-refractivity contribution in [2.45, 2.75) is 19.3 Å². The Labute approximate surface area is 143 Å². The van der Waals surface area contributed by atoms with E-state index in [4.69, 9.17) is 0 Å². The molecular formula is C17H16N2O6. The maximum Gasteiger partial charge on any atom is 0.307 e. The van der Waals surface area contributed by atoms with Crippen molar-refractivity contribution in [3.63, 3.8) is 0 Å². The molecule has 0 bridgehead atoms. The SMILES string of the molecule is CC(C(=O)O)C(C)(c1ccc([N+](=O)[O-])cc1)c1ccc([N+](=O)[O-])cc1. The number of aliphatic carboxylic acids is 1. The summed E-state index contributed by atoms with van der Waals surface area (Å²) in [5, 5.41) is 31.2. The molecule has 0 spiro atoms. The average Bonchev–Trinajstić information content (AvgIpc) is 2.60. The van der Waals surface area contributed by atoms with Gasteiger partial charge in [0.2, 0.25) is 0 Å². The third-order valence-electron chi connectivity index (χ3n) is 4.59. The summed E-state index contributed by atoms with van der Waals surface area (Å²) in [5.41, 5.74) is -0.0740. The fourth-order valence-electron chi connectivity index (χ4n) is 2.77. The van der Waals surface area contributed by atoms with Crippen LogP contribution in [0.2, 0.25) is 0 Å². The van der Waals surface area contributed by atoms with Crippen molar-refractivity contribution in [2.75, 3.05) is 0 Å². The highest BCUT2D eigenvalue weighted by atomic mass is 16.6. The van der Waals surface area contributed by atoms with E-state index < -0.39 is 27.1 Å². The van der Waals surface area contributed by atoms with E-state index in [9.17, 15) is 30.1 Å². The summed E-state index contributed by atoms with van der Waals surface area (Å²) >= 11 is 0. The van der Waals surface area contributed by atoms with Crippen molar-refractivity contribution in [2.24, 2.45) is 5.92 Å². The minimum absolute atomic E-state index is 0.0993. The van der Waals surface area contributed by atoms with E-state index in [1.165, 1.54) is 55.5 Å². The minimum atomic E-state index is -1.04. The van der Waals surface area contributed by atoms with Gasteiger partial charge < -0.3 is 5.11 Å². The van der Waals surface area contributed by atoms with Crippen LogP contribution in [0.15, 0.2) is 48.5 Å². The first-order valence-electron chi connectivity index (χ1n) is 7.40. The van der Waals surface area contributed by atoms with Gasteiger partial charge in [-0.1, -0.05) is 38.1 Å². The highest BCUT2D eigenvalue weighted by Crippen LogP contribution is 2.40. The number of non-ortho nitro benzene ring substituents is 2. The first kappa shape index (κ1) is 18.1. The minimum Gasteiger partial charge on any atom is -0.481 e. The van der Waals surface area contributed by atoms with Crippen LogP contribution in [0.3, 0.4) is 0 Å². The number of carbonyl (C=O) groups is 1. The number of nitro groups is 2. The molecule has 2 aromatic rings. The molecule has 1 unspecified atom stereocenters. The third kappa shape index (κ3) is 3.32. The van der Waals surface area contributed by atoms with Gasteiger partial charge in [-0.25, -0.2) is 0 Å². The molecule has 0 amide bonds. The van der Waals surface area contributed by atoms with E-state index in [1.807, 2.05) is 0 Å².